The summed E-state index contributed by atoms with van der Waals surface area (Å²) in [4.78, 5) is 14.6. The predicted octanol–water partition coefficient (Wildman–Crippen LogP) is 4.88. The number of benzene rings is 2. The number of carbonyl (C=O) groups excluding carboxylic acids is 1. The first-order valence-electron chi connectivity index (χ1n) is 10.1. The van der Waals surface area contributed by atoms with Gasteiger partial charge in [-0.15, -0.1) is 0 Å². The lowest BCUT2D eigenvalue weighted by molar-refractivity contribution is 0.0781. The number of aromatic nitrogens is 2. The van der Waals surface area contributed by atoms with Gasteiger partial charge in [0.05, 0.1) is 12.2 Å². The number of hydrogen-bond acceptors (Lipinski definition) is 3. The van der Waals surface area contributed by atoms with Crippen LogP contribution in [0.4, 0.5) is 0 Å². The average molecular weight is 392 g/mol. The Morgan fingerprint density at radius 3 is 2.59 bits per heavy atom. The Labute approximate surface area is 172 Å². The summed E-state index contributed by atoms with van der Waals surface area (Å²) in [6.07, 6.45) is 1.77. The Balaban J connectivity index is 1.63. The minimum atomic E-state index is -0.0167. The van der Waals surface area contributed by atoms with Crippen LogP contribution in [0.25, 0.3) is 0 Å². The molecule has 0 unspecified atom stereocenters. The quantitative estimate of drug-likeness (QED) is 0.550. The van der Waals surface area contributed by atoms with Crippen LogP contribution in [0.1, 0.15) is 53.9 Å². The first kappa shape index (κ1) is 20.6. The maximum Gasteiger partial charge on any atom is 0.253 e. The number of nitrogens with zero attached hydrogens (tertiary/aromatic N) is 3. The molecule has 29 heavy (non-hydrogen) atoms. The van der Waals surface area contributed by atoms with Crippen LogP contribution in [0, 0.1) is 0 Å². The molecule has 2 aromatic carbocycles. The summed E-state index contributed by atoms with van der Waals surface area (Å²) in [6.45, 7) is 8.12. The second-order valence-corrected chi connectivity index (χ2v) is 7.51. The van der Waals surface area contributed by atoms with E-state index in [2.05, 4.69) is 31.1 Å². The summed E-state index contributed by atoms with van der Waals surface area (Å²) in [5, 5.41) is 4.26. The largest absolute Gasteiger partial charge is 0.489 e. The number of hydrogen-bond donors (Lipinski definition) is 0. The molecule has 0 spiro atoms. The first-order chi connectivity index (χ1) is 14.0. The van der Waals surface area contributed by atoms with Crippen LogP contribution in [0.15, 0.2) is 60.8 Å². The van der Waals surface area contributed by atoms with Gasteiger partial charge in [-0.2, -0.15) is 5.10 Å². The van der Waals surface area contributed by atoms with Crippen molar-refractivity contribution < 1.29 is 9.53 Å². The molecule has 0 aliphatic heterocycles. The van der Waals surface area contributed by atoms with E-state index in [-0.39, 0.29) is 5.91 Å². The van der Waals surface area contributed by atoms with Crippen molar-refractivity contribution in [2.24, 2.45) is 0 Å². The van der Waals surface area contributed by atoms with Crippen molar-refractivity contribution in [1.29, 1.82) is 0 Å². The van der Waals surface area contributed by atoms with Crippen molar-refractivity contribution in [3.05, 3.63) is 83.2 Å². The van der Waals surface area contributed by atoms with E-state index in [9.17, 15) is 4.79 Å². The molecule has 0 saturated carbocycles. The maximum absolute atomic E-state index is 12.9. The second-order valence-electron chi connectivity index (χ2n) is 7.51. The molecular weight excluding hydrogens is 362 g/mol. The molecule has 0 saturated heterocycles. The van der Waals surface area contributed by atoms with Crippen LogP contribution in [-0.4, -0.2) is 27.6 Å². The predicted molar refractivity (Wildman–Crippen MR) is 115 cm³/mol. The minimum Gasteiger partial charge on any atom is -0.489 e. The summed E-state index contributed by atoms with van der Waals surface area (Å²) in [6, 6.07) is 17.7. The smallest absolute Gasteiger partial charge is 0.253 e. The summed E-state index contributed by atoms with van der Waals surface area (Å²) in [5.41, 5.74) is 3.94. The van der Waals surface area contributed by atoms with Gasteiger partial charge in [0.15, 0.2) is 0 Å². The van der Waals surface area contributed by atoms with Gasteiger partial charge in [0.2, 0.25) is 0 Å². The zero-order valence-electron chi connectivity index (χ0n) is 17.6. The fourth-order valence-corrected chi connectivity index (χ4v) is 3.22. The van der Waals surface area contributed by atoms with Gasteiger partial charge in [0, 0.05) is 25.4 Å². The number of carbonyl (C=O) groups is 1. The standard InChI is InChI=1S/C24H29N3O2/c1-5-27-22(13-14-25-27)16-26(4)24(28)21-8-6-7-19(15-21)17-29-23-11-9-20(10-12-23)18(2)3/h6-15,18H,5,16-17H2,1-4H3. The third-order valence-corrected chi connectivity index (χ3v) is 4.98. The topological polar surface area (TPSA) is 47.4 Å². The number of amides is 1. The molecule has 0 bridgehead atoms. The molecule has 1 amide bonds. The first-order valence-corrected chi connectivity index (χ1v) is 10.1. The molecule has 0 fully saturated rings. The Kier molecular flexibility index (Phi) is 6.70. The Bertz CT molecular complexity index is 945. The van der Waals surface area contributed by atoms with E-state index < -0.39 is 0 Å². The van der Waals surface area contributed by atoms with E-state index in [1.165, 1.54) is 5.56 Å². The van der Waals surface area contributed by atoms with Gasteiger partial charge in [0.25, 0.3) is 5.91 Å². The van der Waals surface area contributed by atoms with Gasteiger partial charge < -0.3 is 9.64 Å². The third-order valence-electron chi connectivity index (χ3n) is 4.98. The molecule has 0 radical (unpaired) electrons. The van der Waals surface area contributed by atoms with E-state index in [1.807, 2.05) is 61.1 Å². The molecule has 3 rings (SSSR count). The van der Waals surface area contributed by atoms with Gasteiger partial charge in [-0.3, -0.25) is 9.48 Å². The van der Waals surface area contributed by atoms with Gasteiger partial charge >= 0.3 is 0 Å². The van der Waals surface area contributed by atoms with E-state index in [0.29, 0.717) is 24.6 Å². The highest BCUT2D eigenvalue weighted by molar-refractivity contribution is 5.94. The highest BCUT2D eigenvalue weighted by Crippen LogP contribution is 2.20. The van der Waals surface area contributed by atoms with Crippen molar-refractivity contribution in [1.82, 2.24) is 14.7 Å². The summed E-state index contributed by atoms with van der Waals surface area (Å²) >= 11 is 0. The van der Waals surface area contributed by atoms with Crippen molar-refractivity contribution >= 4 is 5.91 Å². The number of rotatable bonds is 8. The number of ether oxygens (including phenoxy) is 1. The zero-order valence-corrected chi connectivity index (χ0v) is 17.6. The molecule has 1 heterocycles. The van der Waals surface area contributed by atoms with Crippen molar-refractivity contribution in [2.45, 2.75) is 46.4 Å². The monoisotopic (exact) mass is 391 g/mol. The second kappa shape index (κ2) is 9.41. The molecule has 1 aromatic heterocycles. The SMILES string of the molecule is CCn1nccc1CN(C)C(=O)c1cccc(COc2ccc(C(C)C)cc2)c1. The molecule has 0 atom stereocenters. The van der Waals surface area contributed by atoms with Crippen LogP contribution in [0.3, 0.4) is 0 Å². The fraction of sp³-hybridized carbons (Fsp3) is 0.333. The highest BCUT2D eigenvalue weighted by atomic mass is 16.5. The van der Waals surface area contributed by atoms with E-state index in [4.69, 9.17) is 4.74 Å². The van der Waals surface area contributed by atoms with Gasteiger partial charge in [-0.25, -0.2) is 0 Å². The Morgan fingerprint density at radius 1 is 1.14 bits per heavy atom. The average Bonchev–Trinajstić information content (AvgIpc) is 3.19. The van der Waals surface area contributed by atoms with Gasteiger partial charge in [-0.05, 0) is 54.3 Å². The fourth-order valence-electron chi connectivity index (χ4n) is 3.22. The van der Waals surface area contributed by atoms with Crippen LogP contribution >= 0.6 is 0 Å². The zero-order chi connectivity index (χ0) is 20.8. The van der Waals surface area contributed by atoms with Crippen molar-refractivity contribution in [3.8, 4) is 5.75 Å². The molecule has 5 nitrogen and oxygen atoms in total. The molecule has 5 heteroatoms. The molecule has 0 aliphatic rings. The summed E-state index contributed by atoms with van der Waals surface area (Å²) in [7, 11) is 1.81. The van der Waals surface area contributed by atoms with Crippen LogP contribution in [-0.2, 0) is 19.7 Å². The van der Waals surface area contributed by atoms with E-state index in [0.717, 1.165) is 23.6 Å². The lowest BCUT2D eigenvalue weighted by Gasteiger charge is -2.18. The lowest BCUT2D eigenvalue weighted by atomic mass is 10.0. The Morgan fingerprint density at radius 2 is 1.90 bits per heavy atom. The van der Waals surface area contributed by atoms with Crippen molar-refractivity contribution in [3.63, 3.8) is 0 Å². The molecule has 152 valence electrons. The van der Waals surface area contributed by atoms with Crippen LogP contribution in [0.2, 0.25) is 0 Å². The molecule has 3 aromatic rings. The summed E-state index contributed by atoms with van der Waals surface area (Å²) in [5.74, 6) is 1.31. The van der Waals surface area contributed by atoms with Crippen molar-refractivity contribution in [2.75, 3.05) is 7.05 Å². The lowest BCUT2D eigenvalue weighted by Crippen LogP contribution is -2.27. The minimum absolute atomic E-state index is 0.0167. The molecule has 0 N–H and O–H groups in total. The maximum atomic E-state index is 12.9. The Hall–Kier alpha value is -3.08. The van der Waals surface area contributed by atoms with Gasteiger partial charge in [-0.1, -0.05) is 38.1 Å². The van der Waals surface area contributed by atoms with E-state index >= 15 is 0 Å². The highest BCUT2D eigenvalue weighted by Gasteiger charge is 2.14. The van der Waals surface area contributed by atoms with Crippen LogP contribution in [0.5, 0.6) is 5.75 Å². The molecular formula is C24H29N3O2. The number of aryl methyl sites for hydroxylation is 1. The van der Waals surface area contributed by atoms with E-state index in [1.54, 1.807) is 11.1 Å². The summed E-state index contributed by atoms with van der Waals surface area (Å²) < 4.78 is 7.80. The van der Waals surface area contributed by atoms with Gasteiger partial charge in [0.1, 0.15) is 12.4 Å². The third kappa shape index (κ3) is 5.25. The normalized spacial score (nSPS) is 10.9. The van der Waals surface area contributed by atoms with Crippen LogP contribution < -0.4 is 4.74 Å². The molecule has 0 aliphatic carbocycles.